The molecule has 1 N–H and O–H groups in total. The summed E-state index contributed by atoms with van der Waals surface area (Å²) < 4.78 is 0. The van der Waals surface area contributed by atoms with Crippen LogP contribution in [0.1, 0.15) is 68.2 Å². The lowest BCUT2D eigenvalue weighted by atomic mass is 9.71. The summed E-state index contributed by atoms with van der Waals surface area (Å²) in [7, 11) is 0. The van der Waals surface area contributed by atoms with E-state index in [0.29, 0.717) is 5.92 Å². The Hall–Kier alpha value is -0.0800. The standard InChI is InChI=1S/C12H25NO.C2H6/c1-9(2)10-7-11(3,4)13(14)12(5,6)8-10;1-2/h9-10,14H,7-8H2,1-6H3;1-2H3. The molecule has 1 rings (SSSR count). The van der Waals surface area contributed by atoms with Gasteiger partial charge in [-0.2, -0.15) is 5.06 Å². The van der Waals surface area contributed by atoms with Gasteiger partial charge in [-0.3, -0.25) is 0 Å². The third-order valence-electron chi connectivity index (χ3n) is 3.61. The van der Waals surface area contributed by atoms with E-state index in [-0.39, 0.29) is 11.1 Å². The van der Waals surface area contributed by atoms with Crippen molar-refractivity contribution < 1.29 is 5.21 Å². The highest BCUT2D eigenvalue weighted by atomic mass is 16.5. The molecule has 0 aromatic rings. The Bertz CT molecular complexity index is 191. The molecule has 2 heteroatoms. The van der Waals surface area contributed by atoms with Gasteiger partial charge >= 0.3 is 0 Å². The number of rotatable bonds is 1. The predicted molar refractivity (Wildman–Crippen MR) is 70.7 cm³/mol. The molecule has 1 fully saturated rings. The second-order valence-corrected chi connectivity index (χ2v) is 6.35. The minimum Gasteiger partial charge on any atom is -0.313 e. The minimum atomic E-state index is -0.0866. The van der Waals surface area contributed by atoms with Gasteiger partial charge in [0.1, 0.15) is 0 Å². The molecule has 0 atom stereocenters. The zero-order valence-electron chi connectivity index (χ0n) is 12.5. The largest absolute Gasteiger partial charge is 0.313 e. The van der Waals surface area contributed by atoms with Crippen molar-refractivity contribution in [2.24, 2.45) is 11.8 Å². The number of nitrogens with zero attached hydrogens (tertiary/aromatic N) is 1. The third kappa shape index (κ3) is 3.46. The molecule has 1 saturated heterocycles. The number of piperidine rings is 1. The van der Waals surface area contributed by atoms with Crippen molar-refractivity contribution in [3.8, 4) is 0 Å². The maximum Gasteiger partial charge on any atom is 0.0413 e. The Balaban J connectivity index is 0.00000106. The molecule has 0 aliphatic carbocycles. The van der Waals surface area contributed by atoms with Crippen LogP contribution in [0.2, 0.25) is 0 Å². The predicted octanol–water partition coefficient (Wildman–Crippen LogP) is 4.33. The lowest BCUT2D eigenvalue weighted by Gasteiger charge is -2.52. The molecule has 16 heavy (non-hydrogen) atoms. The van der Waals surface area contributed by atoms with Crippen LogP contribution in [0.25, 0.3) is 0 Å². The van der Waals surface area contributed by atoms with E-state index in [1.807, 2.05) is 13.8 Å². The zero-order valence-corrected chi connectivity index (χ0v) is 12.5. The first kappa shape index (κ1) is 15.9. The van der Waals surface area contributed by atoms with Crippen LogP contribution in [0.5, 0.6) is 0 Å². The topological polar surface area (TPSA) is 23.5 Å². The molecule has 1 heterocycles. The van der Waals surface area contributed by atoms with Crippen LogP contribution >= 0.6 is 0 Å². The Labute approximate surface area is 102 Å². The summed E-state index contributed by atoms with van der Waals surface area (Å²) in [6, 6.07) is 0. The lowest BCUT2D eigenvalue weighted by Crippen LogP contribution is -2.59. The highest BCUT2D eigenvalue weighted by Gasteiger charge is 2.45. The van der Waals surface area contributed by atoms with E-state index in [4.69, 9.17) is 0 Å². The van der Waals surface area contributed by atoms with Crippen molar-refractivity contribution in [3.05, 3.63) is 0 Å². The van der Waals surface area contributed by atoms with E-state index in [9.17, 15) is 5.21 Å². The second kappa shape index (κ2) is 5.50. The number of hydrogen-bond acceptors (Lipinski definition) is 2. The van der Waals surface area contributed by atoms with Gasteiger partial charge in [0.2, 0.25) is 0 Å². The quantitative estimate of drug-likeness (QED) is 0.723. The van der Waals surface area contributed by atoms with E-state index in [0.717, 1.165) is 18.8 Å². The monoisotopic (exact) mass is 229 g/mol. The van der Waals surface area contributed by atoms with Crippen LogP contribution in [0.4, 0.5) is 0 Å². The smallest absolute Gasteiger partial charge is 0.0413 e. The van der Waals surface area contributed by atoms with Crippen molar-refractivity contribution in [1.29, 1.82) is 0 Å². The molecular formula is C14H31NO. The first-order valence-corrected chi connectivity index (χ1v) is 6.66. The second-order valence-electron chi connectivity index (χ2n) is 6.35. The van der Waals surface area contributed by atoms with Crippen LogP contribution in [-0.4, -0.2) is 21.3 Å². The van der Waals surface area contributed by atoms with Crippen LogP contribution in [0.3, 0.4) is 0 Å². The molecule has 2 nitrogen and oxygen atoms in total. The van der Waals surface area contributed by atoms with Crippen LogP contribution in [0.15, 0.2) is 0 Å². The lowest BCUT2D eigenvalue weighted by molar-refractivity contribution is -0.253. The third-order valence-corrected chi connectivity index (χ3v) is 3.61. The van der Waals surface area contributed by atoms with Crippen molar-refractivity contribution in [2.45, 2.75) is 79.3 Å². The van der Waals surface area contributed by atoms with E-state index in [2.05, 4.69) is 41.5 Å². The first-order chi connectivity index (χ1) is 7.17. The van der Waals surface area contributed by atoms with Gasteiger partial charge in [0.05, 0.1) is 0 Å². The fourth-order valence-corrected chi connectivity index (χ4v) is 2.82. The average molecular weight is 229 g/mol. The maximum atomic E-state index is 10.1. The molecule has 1 aliphatic heterocycles. The van der Waals surface area contributed by atoms with Gasteiger partial charge in [0.25, 0.3) is 0 Å². The first-order valence-electron chi connectivity index (χ1n) is 6.66. The molecule has 1 aliphatic rings. The highest BCUT2D eigenvalue weighted by molar-refractivity contribution is 4.96. The van der Waals surface area contributed by atoms with Crippen molar-refractivity contribution in [1.82, 2.24) is 5.06 Å². The summed E-state index contributed by atoms with van der Waals surface area (Å²) in [5.74, 6) is 1.44. The minimum absolute atomic E-state index is 0.0866. The normalized spacial score (nSPS) is 25.1. The molecule has 0 aromatic carbocycles. The highest BCUT2D eigenvalue weighted by Crippen LogP contribution is 2.42. The fraction of sp³-hybridized carbons (Fsp3) is 1.00. The van der Waals surface area contributed by atoms with Crippen molar-refractivity contribution in [2.75, 3.05) is 0 Å². The Morgan fingerprint density at radius 2 is 1.31 bits per heavy atom. The number of hydroxylamine groups is 2. The molecular weight excluding hydrogens is 198 g/mol. The average Bonchev–Trinajstić information content (AvgIpc) is 2.16. The van der Waals surface area contributed by atoms with E-state index in [1.54, 1.807) is 5.06 Å². The Morgan fingerprint density at radius 3 is 1.56 bits per heavy atom. The van der Waals surface area contributed by atoms with Gasteiger partial charge < -0.3 is 5.21 Å². The molecule has 0 aromatic heterocycles. The summed E-state index contributed by atoms with van der Waals surface area (Å²) in [6.45, 7) is 17.1. The SMILES string of the molecule is CC.CC(C)C1CC(C)(C)N(O)C(C)(C)C1. The molecule has 0 radical (unpaired) electrons. The van der Waals surface area contributed by atoms with E-state index >= 15 is 0 Å². The van der Waals surface area contributed by atoms with Gasteiger partial charge in [0, 0.05) is 11.1 Å². The molecule has 0 bridgehead atoms. The number of hydrogen-bond donors (Lipinski definition) is 1. The summed E-state index contributed by atoms with van der Waals surface area (Å²) in [4.78, 5) is 0. The fourth-order valence-electron chi connectivity index (χ4n) is 2.82. The van der Waals surface area contributed by atoms with E-state index in [1.165, 1.54) is 0 Å². The maximum absolute atomic E-state index is 10.1. The molecule has 0 spiro atoms. The van der Waals surface area contributed by atoms with Crippen LogP contribution in [0, 0.1) is 11.8 Å². The summed E-state index contributed by atoms with van der Waals surface area (Å²) in [6.07, 6.45) is 2.18. The van der Waals surface area contributed by atoms with Gasteiger partial charge in [-0.05, 0) is 52.4 Å². The molecule has 98 valence electrons. The molecule has 0 saturated carbocycles. The summed E-state index contributed by atoms with van der Waals surface area (Å²) in [5.41, 5.74) is -0.173. The zero-order chi connectivity index (χ0) is 13.1. The molecule has 0 amide bonds. The van der Waals surface area contributed by atoms with Gasteiger partial charge in [0.15, 0.2) is 0 Å². The van der Waals surface area contributed by atoms with Crippen molar-refractivity contribution in [3.63, 3.8) is 0 Å². The van der Waals surface area contributed by atoms with Crippen LogP contribution in [-0.2, 0) is 0 Å². The van der Waals surface area contributed by atoms with Gasteiger partial charge in [-0.15, -0.1) is 0 Å². The van der Waals surface area contributed by atoms with Gasteiger partial charge in [-0.1, -0.05) is 27.7 Å². The Morgan fingerprint density at radius 1 is 1.00 bits per heavy atom. The summed E-state index contributed by atoms with van der Waals surface area (Å²) in [5, 5.41) is 11.7. The van der Waals surface area contributed by atoms with E-state index < -0.39 is 0 Å². The Kier molecular flexibility index (Phi) is 5.48. The van der Waals surface area contributed by atoms with Gasteiger partial charge in [-0.25, -0.2) is 0 Å². The summed E-state index contributed by atoms with van der Waals surface area (Å²) >= 11 is 0. The molecule has 0 unspecified atom stereocenters. The van der Waals surface area contributed by atoms with Crippen molar-refractivity contribution >= 4 is 0 Å². The van der Waals surface area contributed by atoms with Crippen LogP contribution < -0.4 is 0 Å².